The molecule has 0 aliphatic carbocycles. The Morgan fingerprint density at radius 1 is 1.35 bits per heavy atom. The molecule has 0 radical (unpaired) electrons. The molecule has 2 N–H and O–H groups in total. The molecule has 2 aromatic rings. The summed E-state index contributed by atoms with van der Waals surface area (Å²) in [5.74, 6) is -0.715. The van der Waals surface area contributed by atoms with Crippen molar-refractivity contribution < 1.29 is 15.0 Å². The van der Waals surface area contributed by atoms with Crippen LogP contribution in [0.3, 0.4) is 0 Å². The fourth-order valence-electron chi connectivity index (χ4n) is 1.49. The lowest BCUT2D eigenvalue weighted by molar-refractivity contribution is 0.0967. The van der Waals surface area contributed by atoms with Crippen LogP contribution in [0, 0.1) is 6.92 Å². The standard InChI is InChI=1S/C12H12N2O3/c1-8-5-13-14(6-8)7-12(17)9-2-3-10(15)11(16)4-9/h2-6,15-16H,7H2,1H3. The van der Waals surface area contributed by atoms with E-state index < -0.39 is 0 Å². The smallest absolute Gasteiger partial charge is 0.184 e. The zero-order valence-corrected chi connectivity index (χ0v) is 9.29. The number of carbonyl (C=O) groups excluding carboxylic acids is 1. The van der Waals surface area contributed by atoms with E-state index in [0.29, 0.717) is 5.56 Å². The monoisotopic (exact) mass is 232 g/mol. The van der Waals surface area contributed by atoms with Gasteiger partial charge >= 0.3 is 0 Å². The van der Waals surface area contributed by atoms with Gasteiger partial charge in [0.05, 0.1) is 6.20 Å². The number of nitrogens with zero attached hydrogens (tertiary/aromatic N) is 2. The summed E-state index contributed by atoms with van der Waals surface area (Å²) in [5, 5.41) is 22.4. The lowest BCUT2D eigenvalue weighted by Crippen LogP contribution is -2.10. The molecule has 17 heavy (non-hydrogen) atoms. The first-order valence-corrected chi connectivity index (χ1v) is 5.10. The number of hydrogen-bond donors (Lipinski definition) is 2. The minimum Gasteiger partial charge on any atom is -0.504 e. The van der Waals surface area contributed by atoms with Crippen LogP contribution < -0.4 is 0 Å². The van der Waals surface area contributed by atoms with Crippen LogP contribution in [-0.4, -0.2) is 25.8 Å². The number of phenols is 2. The Morgan fingerprint density at radius 3 is 2.71 bits per heavy atom. The first-order chi connectivity index (χ1) is 8.06. The van der Waals surface area contributed by atoms with Gasteiger partial charge in [0.1, 0.15) is 6.54 Å². The maximum absolute atomic E-state index is 11.8. The van der Waals surface area contributed by atoms with E-state index in [-0.39, 0.29) is 23.8 Å². The van der Waals surface area contributed by atoms with E-state index in [1.807, 2.05) is 6.92 Å². The molecular weight excluding hydrogens is 220 g/mol. The molecule has 1 aromatic heterocycles. The maximum atomic E-state index is 11.8. The minimum absolute atomic E-state index is 0.109. The fraction of sp³-hybridized carbons (Fsp3) is 0.167. The average Bonchev–Trinajstić information content (AvgIpc) is 2.68. The van der Waals surface area contributed by atoms with Gasteiger partial charge in [0.15, 0.2) is 17.3 Å². The molecule has 0 amide bonds. The van der Waals surface area contributed by atoms with Crippen LogP contribution in [0.2, 0.25) is 0 Å². The van der Waals surface area contributed by atoms with Crippen LogP contribution in [-0.2, 0) is 6.54 Å². The molecule has 0 unspecified atom stereocenters. The summed E-state index contributed by atoms with van der Waals surface area (Å²) in [5.41, 5.74) is 1.32. The predicted octanol–water partition coefficient (Wildman–Crippen LogP) is 1.49. The van der Waals surface area contributed by atoms with Gasteiger partial charge in [0.25, 0.3) is 0 Å². The predicted molar refractivity (Wildman–Crippen MR) is 61.1 cm³/mol. The highest BCUT2D eigenvalue weighted by Gasteiger charge is 2.10. The summed E-state index contributed by atoms with van der Waals surface area (Å²) in [6.07, 6.45) is 3.43. The molecule has 0 saturated heterocycles. The van der Waals surface area contributed by atoms with Crippen molar-refractivity contribution in [3.05, 3.63) is 41.7 Å². The largest absolute Gasteiger partial charge is 0.504 e. The topological polar surface area (TPSA) is 75.4 Å². The number of rotatable bonds is 3. The Kier molecular flexibility index (Phi) is 2.82. The van der Waals surface area contributed by atoms with E-state index in [0.717, 1.165) is 5.56 Å². The highest BCUT2D eigenvalue weighted by atomic mass is 16.3. The van der Waals surface area contributed by atoms with E-state index in [4.69, 9.17) is 5.11 Å². The summed E-state index contributed by atoms with van der Waals surface area (Å²) < 4.78 is 1.53. The number of hydrogen-bond acceptors (Lipinski definition) is 4. The van der Waals surface area contributed by atoms with Gasteiger partial charge < -0.3 is 10.2 Å². The molecule has 2 rings (SSSR count). The fourth-order valence-corrected chi connectivity index (χ4v) is 1.49. The van der Waals surface area contributed by atoms with Crippen molar-refractivity contribution in [2.45, 2.75) is 13.5 Å². The van der Waals surface area contributed by atoms with Gasteiger partial charge in [-0.1, -0.05) is 0 Å². The summed E-state index contributed by atoms with van der Waals surface area (Å²) in [6, 6.07) is 4.00. The zero-order chi connectivity index (χ0) is 12.4. The second-order valence-electron chi connectivity index (χ2n) is 3.84. The van der Waals surface area contributed by atoms with E-state index >= 15 is 0 Å². The molecular formula is C12H12N2O3. The third-order valence-corrected chi connectivity index (χ3v) is 2.37. The molecule has 5 heteroatoms. The molecule has 0 aliphatic heterocycles. The van der Waals surface area contributed by atoms with Crippen LogP contribution in [0.15, 0.2) is 30.6 Å². The Hall–Kier alpha value is -2.30. The van der Waals surface area contributed by atoms with Crippen LogP contribution in [0.25, 0.3) is 0 Å². The molecule has 1 aromatic carbocycles. The van der Waals surface area contributed by atoms with Crippen LogP contribution in [0.1, 0.15) is 15.9 Å². The van der Waals surface area contributed by atoms with Crippen LogP contribution in [0.5, 0.6) is 11.5 Å². The summed E-state index contributed by atoms with van der Waals surface area (Å²) in [6.45, 7) is 2.00. The minimum atomic E-state index is -0.299. The molecule has 0 spiro atoms. The SMILES string of the molecule is Cc1cnn(CC(=O)c2ccc(O)c(O)c2)c1. The molecule has 0 saturated carbocycles. The number of benzene rings is 1. The third kappa shape index (κ3) is 2.44. The van der Waals surface area contributed by atoms with Gasteiger partial charge in [0, 0.05) is 11.8 Å². The first kappa shape index (κ1) is 11.2. The normalized spacial score (nSPS) is 10.4. The second kappa shape index (κ2) is 4.29. The molecule has 5 nitrogen and oxygen atoms in total. The van der Waals surface area contributed by atoms with Crippen LogP contribution in [0.4, 0.5) is 0 Å². The number of carbonyl (C=O) groups is 1. The average molecular weight is 232 g/mol. The Bertz CT molecular complexity index is 561. The van der Waals surface area contributed by atoms with E-state index in [9.17, 15) is 9.90 Å². The molecule has 0 atom stereocenters. The number of Topliss-reactive ketones (excluding diaryl/α,β-unsaturated/α-hetero) is 1. The van der Waals surface area contributed by atoms with Crippen molar-refractivity contribution in [3.8, 4) is 11.5 Å². The van der Waals surface area contributed by atoms with E-state index in [1.54, 1.807) is 12.4 Å². The Morgan fingerprint density at radius 2 is 2.12 bits per heavy atom. The van der Waals surface area contributed by atoms with Crippen molar-refractivity contribution in [2.24, 2.45) is 0 Å². The van der Waals surface area contributed by atoms with Gasteiger partial charge in [-0.2, -0.15) is 5.10 Å². The van der Waals surface area contributed by atoms with E-state index in [2.05, 4.69) is 5.10 Å². The summed E-state index contributed by atoms with van der Waals surface area (Å²) in [7, 11) is 0. The van der Waals surface area contributed by atoms with Crippen LogP contribution >= 0.6 is 0 Å². The van der Waals surface area contributed by atoms with Crippen molar-refractivity contribution >= 4 is 5.78 Å². The Labute approximate surface area is 97.9 Å². The lowest BCUT2D eigenvalue weighted by Gasteiger charge is -2.03. The number of phenolic OH excluding ortho intramolecular Hbond substituents is 2. The Balaban J connectivity index is 2.17. The van der Waals surface area contributed by atoms with Gasteiger partial charge in [-0.15, -0.1) is 0 Å². The second-order valence-corrected chi connectivity index (χ2v) is 3.84. The van der Waals surface area contributed by atoms with Crippen molar-refractivity contribution in [1.29, 1.82) is 0 Å². The highest BCUT2D eigenvalue weighted by molar-refractivity contribution is 5.96. The van der Waals surface area contributed by atoms with Crippen molar-refractivity contribution in [2.75, 3.05) is 0 Å². The van der Waals surface area contributed by atoms with Gasteiger partial charge in [-0.3, -0.25) is 9.48 Å². The van der Waals surface area contributed by atoms with Gasteiger partial charge in [0.2, 0.25) is 0 Å². The lowest BCUT2D eigenvalue weighted by atomic mass is 10.1. The van der Waals surface area contributed by atoms with Crippen molar-refractivity contribution in [1.82, 2.24) is 9.78 Å². The third-order valence-electron chi connectivity index (χ3n) is 2.37. The zero-order valence-electron chi connectivity index (χ0n) is 9.29. The maximum Gasteiger partial charge on any atom is 0.184 e. The molecule has 0 fully saturated rings. The number of ketones is 1. The number of aromatic nitrogens is 2. The number of aromatic hydroxyl groups is 2. The highest BCUT2D eigenvalue weighted by Crippen LogP contribution is 2.25. The van der Waals surface area contributed by atoms with Crippen molar-refractivity contribution in [3.63, 3.8) is 0 Å². The first-order valence-electron chi connectivity index (χ1n) is 5.10. The molecule has 1 heterocycles. The quantitative estimate of drug-likeness (QED) is 0.621. The molecule has 0 aliphatic rings. The van der Waals surface area contributed by atoms with E-state index in [1.165, 1.54) is 22.9 Å². The molecule has 88 valence electrons. The molecule has 0 bridgehead atoms. The van der Waals surface area contributed by atoms with Gasteiger partial charge in [-0.25, -0.2) is 0 Å². The summed E-state index contributed by atoms with van der Waals surface area (Å²) in [4.78, 5) is 11.8. The summed E-state index contributed by atoms with van der Waals surface area (Å²) >= 11 is 0. The van der Waals surface area contributed by atoms with Gasteiger partial charge in [-0.05, 0) is 30.7 Å². The number of aryl methyl sites for hydroxylation is 1.